The van der Waals surface area contributed by atoms with Gasteiger partial charge in [-0.15, -0.1) is 0 Å². The standard InChI is InChI=1S/C24H21F3N2O/c25-21-16-18(23(26)27)10-11-22(21)28-12-14-29(15-13-28)24(30)20-9-5-4-8-19(20)17-6-2-1-3-7-17/h1-11,16,23H,12-15H2. The van der Waals surface area contributed by atoms with Gasteiger partial charge in [-0.3, -0.25) is 4.79 Å². The van der Waals surface area contributed by atoms with Crippen LogP contribution in [0.3, 0.4) is 0 Å². The lowest BCUT2D eigenvalue weighted by Crippen LogP contribution is -2.49. The Morgan fingerprint density at radius 3 is 2.17 bits per heavy atom. The maximum atomic E-state index is 14.3. The van der Waals surface area contributed by atoms with E-state index < -0.39 is 12.2 Å². The van der Waals surface area contributed by atoms with Crippen LogP contribution in [0.15, 0.2) is 72.8 Å². The van der Waals surface area contributed by atoms with Crippen LogP contribution in [0.4, 0.5) is 18.9 Å². The largest absolute Gasteiger partial charge is 0.366 e. The second-order valence-electron chi connectivity index (χ2n) is 7.20. The molecule has 0 radical (unpaired) electrons. The molecule has 1 amide bonds. The summed E-state index contributed by atoms with van der Waals surface area (Å²) in [6.45, 7) is 1.73. The van der Waals surface area contributed by atoms with Gasteiger partial charge in [-0.25, -0.2) is 13.2 Å². The summed E-state index contributed by atoms with van der Waals surface area (Å²) >= 11 is 0. The van der Waals surface area contributed by atoms with Crippen LogP contribution in [-0.2, 0) is 0 Å². The lowest BCUT2D eigenvalue weighted by Gasteiger charge is -2.36. The van der Waals surface area contributed by atoms with Gasteiger partial charge >= 0.3 is 0 Å². The zero-order valence-electron chi connectivity index (χ0n) is 16.3. The highest BCUT2D eigenvalue weighted by molar-refractivity contribution is 6.01. The van der Waals surface area contributed by atoms with Crippen molar-refractivity contribution >= 4 is 11.6 Å². The Kier molecular flexibility index (Phi) is 5.74. The molecule has 1 fully saturated rings. The minimum Gasteiger partial charge on any atom is -0.366 e. The van der Waals surface area contributed by atoms with Gasteiger partial charge in [0.05, 0.1) is 5.69 Å². The van der Waals surface area contributed by atoms with Gasteiger partial charge in [-0.2, -0.15) is 0 Å². The molecule has 1 heterocycles. The number of nitrogens with zero attached hydrogens (tertiary/aromatic N) is 2. The summed E-state index contributed by atoms with van der Waals surface area (Å²) in [5.74, 6) is -0.732. The van der Waals surface area contributed by atoms with Crippen LogP contribution in [-0.4, -0.2) is 37.0 Å². The van der Waals surface area contributed by atoms with Crippen molar-refractivity contribution < 1.29 is 18.0 Å². The van der Waals surface area contributed by atoms with Crippen molar-refractivity contribution in [3.8, 4) is 11.1 Å². The first-order chi connectivity index (χ1) is 14.5. The molecule has 0 saturated carbocycles. The molecule has 154 valence electrons. The smallest absolute Gasteiger partial charge is 0.263 e. The van der Waals surface area contributed by atoms with Gasteiger partial charge in [-0.1, -0.05) is 54.6 Å². The van der Waals surface area contributed by atoms with E-state index in [0.29, 0.717) is 31.7 Å². The number of piperazine rings is 1. The molecule has 1 aliphatic rings. The maximum absolute atomic E-state index is 14.3. The molecular weight excluding hydrogens is 389 g/mol. The molecule has 30 heavy (non-hydrogen) atoms. The minimum atomic E-state index is -2.70. The zero-order chi connectivity index (χ0) is 21.1. The Labute approximate surface area is 173 Å². The molecule has 0 N–H and O–H groups in total. The first-order valence-corrected chi connectivity index (χ1v) is 9.81. The Hall–Kier alpha value is -3.28. The van der Waals surface area contributed by atoms with Gasteiger partial charge in [0.25, 0.3) is 12.3 Å². The van der Waals surface area contributed by atoms with E-state index in [0.717, 1.165) is 17.2 Å². The summed E-state index contributed by atoms with van der Waals surface area (Å²) in [6.07, 6.45) is -2.70. The quantitative estimate of drug-likeness (QED) is 0.576. The molecule has 1 saturated heterocycles. The van der Waals surface area contributed by atoms with E-state index in [2.05, 4.69) is 0 Å². The summed E-state index contributed by atoms with van der Waals surface area (Å²) in [7, 11) is 0. The average molecular weight is 410 g/mol. The molecule has 0 unspecified atom stereocenters. The molecule has 3 nitrogen and oxygen atoms in total. The normalized spacial score (nSPS) is 14.3. The van der Waals surface area contributed by atoms with Crippen molar-refractivity contribution in [3.63, 3.8) is 0 Å². The van der Waals surface area contributed by atoms with Crippen molar-refractivity contribution in [1.82, 2.24) is 4.90 Å². The Morgan fingerprint density at radius 2 is 1.50 bits per heavy atom. The molecule has 0 aliphatic carbocycles. The highest BCUT2D eigenvalue weighted by atomic mass is 19.3. The Balaban J connectivity index is 1.49. The van der Waals surface area contributed by atoms with E-state index in [1.54, 1.807) is 9.80 Å². The van der Waals surface area contributed by atoms with Crippen molar-refractivity contribution in [2.24, 2.45) is 0 Å². The van der Waals surface area contributed by atoms with Crippen molar-refractivity contribution in [2.75, 3.05) is 31.1 Å². The van der Waals surface area contributed by atoms with E-state index >= 15 is 0 Å². The van der Waals surface area contributed by atoms with Crippen molar-refractivity contribution in [3.05, 3.63) is 89.7 Å². The average Bonchev–Trinajstić information content (AvgIpc) is 2.79. The number of carbonyl (C=O) groups excluding carboxylic acids is 1. The van der Waals surface area contributed by atoms with Gasteiger partial charge in [0.15, 0.2) is 0 Å². The van der Waals surface area contributed by atoms with E-state index in [1.165, 1.54) is 12.1 Å². The molecule has 0 aromatic heterocycles. The van der Waals surface area contributed by atoms with Crippen molar-refractivity contribution in [1.29, 1.82) is 0 Å². The summed E-state index contributed by atoms with van der Waals surface area (Å²) in [6, 6.07) is 20.7. The predicted octanol–water partition coefficient (Wildman–Crippen LogP) is 5.39. The third kappa shape index (κ3) is 4.03. The highest BCUT2D eigenvalue weighted by Crippen LogP contribution is 2.28. The van der Waals surface area contributed by atoms with Gasteiger partial charge in [0, 0.05) is 37.3 Å². The first kappa shape index (κ1) is 20.0. The fourth-order valence-electron chi connectivity index (χ4n) is 3.78. The number of anilines is 1. The van der Waals surface area contributed by atoms with Crippen LogP contribution >= 0.6 is 0 Å². The lowest BCUT2D eigenvalue weighted by molar-refractivity contribution is 0.0747. The van der Waals surface area contributed by atoms with Crippen LogP contribution in [0.1, 0.15) is 22.3 Å². The van der Waals surface area contributed by atoms with E-state index in [1.807, 2.05) is 54.6 Å². The van der Waals surface area contributed by atoms with Crippen LogP contribution in [0.2, 0.25) is 0 Å². The van der Waals surface area contributed by atoms with Crippen LogP contribution in [0, 0.1) is 5.82 Å². The number of hydrogen-bond acceptors (Lipinski definition) is 2. The Bertz CT molecular complexity index is 1030. The predicted molar refractivity (Wildman–Crippen MR) is 111 cm³/mol. The number of amides is 1. The summed E-state index contributed by atoms with van der Waals surface area (Å²) < 4.78 is 39.8. The molecule has 0 bridgehead atoms. The number of alkyl halides is 2. The zero-order valence-corrected chi connectivity index (χ0v) is 16.3. The third-order valence-corrected chi connectivity index (χ3v) is 5.37. The van der Waals surface area contributed by atoms with Crippen LogP contribution in [0.25, 0.3) is 11.1 Å². The number of benzene rings is 3. The lowest BCUT2D eigenvalue weighted by atomic mass is 9.98. The van der Waals surface area contributed by atoms with Gasteiger partial charge in [0.2, 0.25) is 0 Å². The number of carbonyl (C=O) groups is 1. The fourth-order valence-corrected chi connectivity index (χ4v) is 3.78. The molecule has 6 heteroatoms. The topological polar surface area (TPSA) is 23.6 Å². The minimum absolute atomic E-state index is 0.0670. The second kappa shape index (κ2) is 8.61. The number of hydrogen-bond donors (Lipinski definition) is 0. The van der Waals surface area contributed by atoms with E-state index in [4.69, 9.17) is 0 Å². The Morgan fingerprint density at radius 1 is 0.833 bits per heavy atom. The number of rotatable bonds is 4. The van der Waals surface area contributed by atoms with Gasteiger partial charge < -0.3 is 9.80 Å². The van der Waals surface area contributed by atoms with Crippen LogP contribution < -0.4 is 4.90 Å². The number of halogens is 3. The highest BCUT2D eigenvalue weighted by Gasteiger charge is 2.25. The third-order valence-electron chi connectivity index (χ3n) is 5.37. The molecule has 0 atom stereocenters. The van der Waals surface area contributed by atoms with E-state index in [-0.39, 0.29) is 17.2 Å². The molecular formula is C24H21F3N2O. The summed E-state index contributed by atoms with van der Waals surface area (Å²) in [4.78, 5) is 16.7. The molecule has 3 aromatic rings. The van der Waals surface area contributed by atoms with Gasteiger partial charge in [0.1, 0.15) is 5.82 Å². The SMILES string of the molecule is O=C(c1ccccc1-c1ccccc1)N1CCN(c2ccc(C(F)F)cc2F)CC1. The molecule has 3 aromatic carbocycles. The fraction of sp³-hybridized carbons (Fsp3) is 0.208. The summed E-state index contributed by atoms with van der Waals surface area (Å²) in [5, 5.41) is 0. The van der Waals surface area contributed by atoms with Crippen molar-refractivity contribution in [2.45, 2.75) is 6.43 Å². The summed E-state index contributed by atoms with van der Waals surface area (Å²) in [5.41, 5.74) is 2.43. The maximum Gasteiger partial charge on any atom is 0.263 e. The van der Waals surface area contributed by atoms with Crippen LogP contribution in [0.5, 0.6) is 0 Å². The van der Waals surface area contributed by atoms with E-state index in [9.17, 15) is 18.0 Å². The molecule has 0 spiro atoms. The first-order valence-electron chi connectivity index (χ1n) is 9.81. The molecule has 4 rings (SSSR count). The molecule has 1 aliphatic heterocycles. The van der Waals surface area contributed by atoms with Gasteiger partial charge in [-0.05, 0) is 29.3 Å². The second-order valence-corrected chi connectivity index (χ2v) is 7.20. The monoisotopic (exact) mass is 410 g/mol.